The lowest BCUT2D eigenvalue weighted by Gasteiger charge is -2.22. The van der Waals surface area contributed by atoms with Gasteiger partial charge in [-0.05, 0) is 36.0 Å². The van der Waals surface area contributed by atoms with E-state index in [1.165, 1.54) is 0 Å². The molecule has 3 atom stereocenters. The molecule has 9 heteroatoms. The van der Waals surface area contributed by atoms with Crippen molar-refractivity contribution < 1.29 is 9.59 Å². The molecule has 2 N–H and O–H groups in total. The first-order valence-electron chi connectivity index (χ1n) is 8.64. The van der Waals surface area contributed by atoms with Crippen molar-refractivity contribution in [3.05, 3.63) is 58.8 Å². The van der Waals surface area contributed by atoms with Gasteiger partial charge in [0.1, 0.15) is 5.15 Å². The predicted molar refractivity (Wildman–Crippen MR) is 96.6 cm³/mol. The van der Waals surface area contributed by atoms with Crippen molar-refractivity contribution in [3.63, 3.8) is 0 Å². The minimum absolute atomic E-state index is 0.229. The van der Waals surface area contributed by atoms with Gasteiger partial charge in [-0.1, -0.05) is 17.7 Å². The van der Waals surface area contributed by atoms with Gasteiger partial charge in [0, 0.05) is 30.7 Å². The van der Waals surface area contributed by atoms with E-state index in [9.17, 15) is 9.59 Å². The number of rotatable bonds is 3. The quantitative estimate of drug-likeness (QED) is 0.674. The smallest absolute Gasteiger partial charge is 0.321 e. The lowest BCUT2D eigenvalue weighted by Crippen LogP contribution is -2.51. The number of hydrogen-bond donors (Lipinski definition) is 2. The van der Waals surface area contributed by atoms with Crippen molar-refractivity contribution in [2.75, 3.05) is 6.54 Å². The number of carbonyl (C=O) groups is 2. The number of urea groups is 1. The fourth-order valence-corrected chi connectivity index (χ4v) is 3.80. The van der Waals surface area contributed by atoms with Crippen LogP contribution >= 0.6 is 11.6 Å². The Hall–Kier alpha value is -3.00. The van der Waals surface area contributed by atoms with E-state index < -0.39 is 11.9 Å². The molecule has 5 rings (SSSR count). The Morgan fingerprint density at radius 1 is 1.19 bits per heavy atom. The van der Waals surface area contributed by atoms with Crippen LogP contribution in [0.15, 0.2) is 36.8 Å². The van der Waals surface area contributed by atoms with Crippen molar-refractivity contribution >= 4 is 29.2 Å². The van der Waals surface area contributed by atoms with Crippen molar-refractivity contribution in [3.8, 4) is 0 Å². The highest BCUT2D eigenvalue weighted by molar-refractivity contribution is 6.29. The summed E-state index contributed by atoms with van der Waals surface area (Å²) in [5.41, 5.74) is 3.59. The van der Waals surface area contributed by atoms with E-state index in [1.54, 1.807) is 23.0 Å². The SMILES string of the molecule is O=C1NCC(c2cc([C@H]3C[C@@H]3c3ccc(Cl)nc3)c3nccn3n2)C(=O)N1. The molecule has 2 aliphatic rings. The second kappa shape index (κ2) is 6.02. The molecule has 1 aliphatic heterocycles. The van der Waals surface area contributed by atoms with Crippen LogP contribution in [-0.4, -0.2) is 38.1 Å². The number of nitrogens with one attached hydrogen (secondary N) is 2. The Balaban J connectivity index is 1.51. The van der Waals surface area contributed by atoms with Crippen LogP contribution in [-0.2, 0) is 4.79 Å². The minimum atomic E-state index is -0.525. The first-order valence-corrected chi connectivity index (χ1v) is 9.02. The molecule has 8 nitrogen and oxygen atoms in total. The van der Waals surface area contributed by atoms with E-state index in [4.69, 9.17) is 11.6 Å². The summed E-state index contributed by atoms with van der Waals surface area (Å²) < 4.78 is 1.70. The van der Waals surface area contributed by atoms with E-state index in [-0.39, 0.29) is 18.4 Å². The molecular formula is C18H15ClN6O2. The number of pyridine rings is 1. The second-order valence-corrected chi connectivity index (χ2v) is 7.22. The molecule has 3 amide bonds. The summed E-state index contributed by atoms with van der Waals surface area (Å²) in [7, 11) is 0. The highest BCUT2D eigenvalue weighted by Crippen LogP contribution is 2.55. The van der Waals surface area contributed by atoms with Crippen LogP contribution < -0.4 is 10.6 Å². The van der Waals surface area contributed by atoms with E-state index in [0.717, 1.165) is 23.2 Å². The molecule has 0 aromatic carbocycles. The Morgan fingerprint density at radius 3 is 2.85 bits per heavy atom. The standard InChI is InChI=1S/C18H15ClN6O2/c19-15-2-1-9(7-21-15)10-5-11(10)12-6-14(24-25-4-3-20-16(12)25)13-8-22-18(27)23-17(13)26/h1-4,6-7,10-11,13H,5,8H2,(H2,22,23,26,27)/t10-,11+,13?/m1/s1. The number of imidazole rings is 1. The fourth-order valence-electron chi connectivity index (χ4n) is 3.69. The first-order chi connectivity index (χ1) is 13.1. The maximum Gasteiger partial charge on any atom is 0.321 e. The number of hydrogen-bond acceptors (Lipinski definition) is 5. The average Bonchev–Trinajstić information content (AvgIpc) is 3.30. The van der Waals surface area contributed by atoms with Gasteiger partial charge in [0.05, 0.1) is 11.6 Å². The van der Waals surface area contributed by atoms with E-state index in [1.807, 2.05) is 18.3 Å². The summed E-state index contributed by atoms with van der Waals surface area (Å²) in [5.74, 6) is -0.250. The number of halogens is 1. The molecule has 136 valence electrons. The number of amides is 3. The first kappa shape index (κ1) is 16.2. The highest BCUT2D eigenvalue weighted by Gasteiger charge is 2.42. The van der Waals surface area contributed by atoms with Crippen LogP contribution in [0.2, 0.25) is 5.15 Å². The normalized spacial score (nSPS) is 24.6. The van der Waals surface area contributed by atoms with Gasteiger partial charge < -0.3 is 5.32 Å². The fraction of sp³-hybridized carbons (Fsp3) is 0.278. The van der Waals surface area contributed by atoms with Gasteiger partial charge in [-0.25, -0.2) is 19.3 Å². The van der Waals surface area contributed by atoms with Crippen molar-refractivity contribution in [2.45, 2.75) is 24.2 Å². The van der Waals surface area contributed by atoms with Gasteiger partial charge in [0.25, 0.3) is 0 Å². The maximum atomic E-state index is 12.2. The Morgan fingerprint density at radius 2 is 2.07 bits per heavy atom. The van der Waals surface area contributed by atoms with Crippen LogP contribution in [0.1, 0.15) is 41.0 Å². The molecule has 0 spiro atoms. The topological polar surface area (TPSA) is 101 Å². The Bertz CT molecular complexity index is 1060. The second-order valence-electron chi connectivity index (χ2n) is 6.83. The molecule has 3 aromatic rings. The molecule has 1 saturated carbocycles. The molecular weight excluding hydrogens is 368 g/mol. The molecule has 1 aliphatic carbocycles. The number of carbonyl (C=O) groups excluding carboxylic acids is 2. The van der Waals surface area contributed by atoms with E-state index in [0.29, 0.717) is 16.8 Å². The van der Waals surface area contributed by atoms with Crippen molar-refractivity contribution in [1.82, 2.24) is 30.2 Å². The van der Waals surface area contributed by atoms with Gasteiger partial charge in [-0.3, -0.25) is 10.1 Å². The van der Waals surface area contributed by atoms with Gasteiger partial charge in [-0.15, -0.1) is 0 Å². The third-order valence-electron chi connectivity index (χ3n) is 5.15. The lowest BCUT2D eigenvalue weighted by atomic mass is 9.99. The largest absolute Gasteiger partial charge is 0.337 e. The van der Waals surface area contributed by atoms with Crippen LogP contribution in [0.5, 0.6) is 0 Å². The molecule has 0 bridgehead atoms. The van der Waals surface area contributed by atoms with Crippen LogP contribution in [0.25, 0.3) is 5.65 Å². The number of aromatic nitrogens is 4. The lowest BCUT2D eigenvalue weighted by molar-refractivity contribution is -0.122. The van der Waals surface area contributed by atoms with Crippen LogP contribution in [0, 0.1) is 0 Å². The Labute approximate surface area is 159 Å². The molecule has 27 heavy (non-hydrogen) atoms. The number of fused-ring (bicyclic) bond motifs is 1. The molecule has 4 heterocycles. The third kappa shape index (κ3) is 2.82. The summed E-state index contributed by atoms with van der Waals surface area (Å²) in [6, 6.07) is 5.26. The molecule has 3 aromatic heterocycles. The summed E-state index contributed by atoms with van der Waals surface area (Å²) in [6.07, 6.45) is 6.24. The monoisotopic (exact) mass is 382 g/mol. The third-order valence-corrected chi connectivity index (χ3v) is 5.38. The van der Waals surface area contributed by atoms with Crippen molar-refractivity contribution in [1.29, 1.82) is 0 Å². The Kier molecular flexibility index (Phi) is 3.61. The zero-order valence-corrected chi connectivity index (χ0v) is 14.8. The number of imide groups is 1. The predicted octanol–water partition coefficient (Wildman–Crippen LogP) is 1.97. The summed E-state index contributed by atoms with van der Waals surface area (Å²) in [6.45, 7) is 0.229. The zero-order chi connectivity index (χ0) is 18.5. The minimum Gasteiger partial charge on any atom is -0.337 e. The molecule has 1 saturated heterocycles. The summed E-state index contributed by atoms with van der Waals surface area (Å²) >= 11 is 5.88. The molecule has 0 radical (unpaired) electrons. The van der Waals surface area contributed by atoms with Gasteiger partial charge >= 0.3 is 6.03 Å². The maximum absolute atomic E-state index is 12.2. The van der Waals surface area contributed by atoms with E-state index >= 15 is 0 Å². The number of nitrogens with zero attached hydrogens (tertiary/aromatic N) is 4. The van der Waals surface area contributed by atoms with Gasteiger partial charge in [0.2, 0.25) is 5.91 Å². The van der Waals surface area contributed by atoms with Gasteiger partial charge in [0.15, 0.2) is 5.65 Å². The van der Waals surface area contributed by atoms with Crippen molar-refractivity contribution in [2.24, 2.45) is 0 Å². The van der Waals surface area contributed by atoms with Crippen LogP contribution in [0.4, 0.5) is 4.79 Å². The molecule has 2 fully saturated rings. The van der Waals surface area contributed by atoms with Crippen LogP contribution in [0.3, 0.4) is 0 Å². The molecule has 1 unspecified atom stereocenters. The highest BCUT2D eigenvalue weighted by atomic mass is 35.5. The van der Waals surface area contributed by atoms with Gasteiger partial charge in [-0.2, -0.15) is 5.10 Å². The van der Waals surface area contributed by atoms with E-state index in [2.05, 4.69) is 25.7 Å². The average molecular weight is 383 g/mol. The summed E-state index contributed by atoms with van der Waals surface area (Å²) in [5, 5.41) is 9.95. The summed E-state index contributed by atoms with van der Waals surface area (Å²) in [4.78, 5) is 32.2. The zero-order valence-electron chi connectivity index (χ0n) is 14.1.